The van der Waals surface area contributed by atoms with Crippen molar-refractivity contribution in [1.29, 1.82) is 0 Å². The Morgan fingerprint density at radius 1 is 1.05 bits per heavy atom. The first kappa shape index (κ1) is 16.1. The molecule has 0 bridgehead atoms. The summed E-state index contributed by atoms with van der Waals surface area (Å²) in [5.41, 5.74) is 6.56. The van der Waals surface area contributed by atoms with Gasteiger partial charge in [-0.1, -0.05) is 19.3 Å². The molecule has 0 saturated heterocycles. The largest absolute Gasteiger partial charge is 0.493 e. The molecule has 1 saturated carbocycles. The molecule has 5 nitrogen and oxygen atoms in total. The third-order valence-electron chi connectivity index (χ3n) is 4.17. The lowest BCUT2D eigenvalue weighted by Gasteiger charge is -2.35. The Hall–Kier alpha value is -1.27. The molecule has 0 atom stereocenters. The normalized spacial score (nSPS) is 18.3. The van der Waals surface area contributed by atoms with Crippen molar-refractivity contribution < 1.29 is 17.9 Å². The van der Waals surface area contributed by atoms with Crippen LogP contribution in [0.4, 0.5) is 0 Å². The number of ether oxygens (including phenoxy) is 2. The molecule has 0 unspecified atom stereocenters. The Bertz CT molecular complexity index is 619. The van der Waals surface area contributed by atoms with Crippen LogP contribution in [0.15, 0.2) is 17.0 Å². The second-order valence-electron chi connectivity index (χ2n) is 5.69. The molecule has 0 aromatic heterocycles. The van der Waals surface area contributed by atoms with Gasteiger partial charge in [0.2, 0.25) is 0 Å². The van der Waals surface area contributed by atoms with Crippen LogP contribution in [-0.4, -0.2) is 28.9 Å². The van der Waals surface area contributed by atoms with E-state index in [0.29, 0.717) is 17.1 Å². The van der Waals surface area contributed by atoms with Crippen LogP contribution in [0, 0.1) is 0 Å². The van der Waals surface area contributed by atoms with E-state index in [0.717, 1.165) is 32.1 Å². The lowest BCUT2D eigenvalue weighted by atomic mass is 9.77. The predicted molar refractivity (Wildman–Crippen MR) is 81.6 cm³/mol. The molecule has 2 N–H and O–H groups in total. The summed E-state index contributed by atoms with van der Waals surface area (Å²) >= 11 is 0. The molecule has 21 heavy (non-hydrogen) atoms. The van der Waals surface area contributed by atoms with E-state index >= 15 is 0 Å². The van der Waals surface area contributed by atoms with Crippen LogP contribution in [0.5, 0.6) is 11.5 Å². The van der Waals surface area contributed by atoms with E-state index in [1.165, 1.54) is 26.5 Å². The van der Waals surface area contributed by atoms with Crippen molar-refractivity contribution in [3.05, 3.63) is 17.7 Å². The lowest BCUT2D eigenvalue weighted by molar-refractivity contribution is 0.293. The highest BCUT2D eigenvalue weighted by Crippen LogP contribution is 2.42. The maximum absolute atomic E-state index is 12.2. The van der Waals surface area contributed by atoms with Gasteiger partial charge in [0.1, 0.15) is 0 Å². The van der Waals surface area contributed by atoms with E-state index in [1.807, 2.05) is 0 Å². The van der Waals surface area contributed by atoms with E-state index in [-0.39, 0.29) is 4.90 Å². The van der Waals surface area contributed by atoms with Crippen molar-refractivity contribution >= 4 is 9.84 Å². The monoisotopic (exact) mass is 313 g/mol. The van der Waals surface area contributed by atoms with Crippen molar-refractivity contribution in [2.75, 3.05) is 20.5 Å². The standard InChI is InChI=1S/C15H23NO4S/c1-19-12-9-11(15(16)7-5-4-6-8-15)14(21(3,17)18)10-13(12)20-2/h9-10H,4-8,16H2,1-3H3. The molecule has 0 spiro atoms. The van der Waals surface area contributed by atoms with E-state index in [2.05, 4.69) is 0 Å². The second-order valence-corrected chi connectivity index (χ2v) is 7.68. The van der Waals surface area contributed by atoms with Crippen LogP contribution in [-0.2, 0) is 15.4 Å². The number of methoxy groups -OCH3 is 2. The number of rotatable bonds is 4. The molecule has 1 aliphatic carbocycles. The van der Waals surface area contributed by atoms with Crippen LogP contribution in [0.25, 0.3) is 0 Å². The van der Waals surface area contributed by atoms with Crippen molar-refractivity contribution in [1.82, 2.24) is 0 Å². The maximum Gasteiger partial charge on any atom is 0.176 e. The van der Waals surface area contributed by atoms with Crippen LogP contribution in [0.2, 0.25) is 0 Å². The fourth-order valence-corrected chi connectivity index (χ4v) is 3.99. The fraction of sp³-hybridized carbons (Fsp3) is 0.600. The third kappa shape index (κ3) is 3.16. The van der Waals surface area contributed by atoms with E-state index in [1.54, 1.807) is 6.07 Å². The van der Waals surface area contributed by atoms with Gasteiger partial charge < -0.3 is 15.2 Å². The topological polar surface area (TPSA) is 78.6 Å². The second kappa shape index (κ2) is 5.85. The average molecular weight is 313 g/mol. The Balaban J connectivity index is 2.67. The minimum absolute atomic E-state index is 0.240. The minimum Gasteiger partial charge on any atom is -0.493 e. The number of sulfone groups is 1. The lowest BCUT2D eigenvalue weighted by Crippen LogP contribution is -2.39. The summed E-state index contributed by atoms with van der Waals surface area (Å²) in [5.74, 6) is 0.913. The van der Waals surface area contributed by atoms with Crippen LogP contribution >= 0.6 is 0 Å². The highest BCUT2D eigenvalue weighted by Gasteiger charge is 2.35. The first-order valence-corrected chi connectivity index (χ1v) is 8.96. The molecular weight excluding hydrogens is 290 g/mol. The highest BCUT2D eigenvalue weighted by molar-refractivity contribution is 7.90. The first-order chi connectivity index (χ1) is 9.81. The molecule has 0 heterocycles. The molecule has 0 aliphatic heterocycles. The van der Waals surface area contributed by atoms with Gasteiger partial charge in [-0.25, -0.2) is 8.42 Å². The Kier molecular flexibility index (Phi) is 4.49. The molecular formula is C15H23NO4S. The maximum atomic E-state index is 12.2. The zero-order valence-corrected chi connectivity index (χ0v) is 13.6. The average Bonchev–Trinajstić information content (AvgIpc) is 2.45. The van der Waals surface area contributed by atoms with Crippen molar-refractivity contribution in [3.8, 4) is 11.5 Å². The first-order valence-electron chi connectivity index (χ1n) is 7.07. The highest BCUT2D eigenvalue weighted by atomic mass is 32.2. The number of nitrogens with two attached hydrogens (primary N) is 1. The van der Waals surface area contributed by atoms with E-state index in [4.69, 9.17) is 15.2 Å². The zero-order chi connectivity index (χ0) is 15.7. The molecule has 0 radical (unpaired) electrons. The van der Waals surface area contributed by atoms with Gasteiger partial charge in [-0.3, -0.25) is 0 Å². The quantitative estimate of drug-likeness (QED) is 0.922. The summed E-state index contributed by atoms with van der Waals surface area (Å²) in [7, 11) is -0.372. The van der Waals surface area contributed by atoms with Gasteiger partial charge in [-0.05, 0) is 24.5 Å². The molecule has 1 aromatic rings. The molecule has 0 amide bonds. The molecule has 1 aromatic carbocycles. The molecule has 2 rings (SSSR count). The molecule has 1 aliphatic rings. The SMILES string of the molecule is COc1cc(C2(N)CCCCC2)c(S(C)(=O)=O)cc1OC. The van der Waals surface area contributed by atoms with Gasteiger partial charge in [0.25, 0.3) is 0 Å². The summed E-state index contributed by atoms with van der Waals surface area (Å²) in [4.78, 5) is 0.240. The van der Waals surface area contributed by atoms with Crippen LogP contribution < -0.4 is 15.2 Å². The van der Waals surface area contributed by atoms with E-state index < -0.39 is 15.4 Å². The van der Waals surface area contributed by atoms with Crippen molar-refractivity contribution in [2.45, 2.75) is 42.5 Å². The van der Waals surface area contributed by atoms with Gasteiger partial charge in [-0.15, -0.1) is 0 Å². The summed E-state index contributed by atoms with van der Waals surface area (Å²) in [6.07, 6.45) is 5.92. The summed E-state index contributed by atoms with van der Waals surface area (Å²) in [6, 6.07) is 3.24. The smallest absolute Gasteiger partial charge is 0.176 e. The Morgan fingerprint density at radius 2 is 1.57 bits per heavy atom. The van der Waals surface area contributed by atoms with Gasteiger partial charge in [0.05, 0.1) is 19.1 Å². The molecule has 118 valence electrons. The van der Waals surface area contributed by atoms with Gasteiger partial charge in [-0.2, -0.15) is 0 Å². The number of hydrogen-bond acceptors (Lipinski definition) is 5. The zero-order valence-electron chi connectivity index (χ0n) is 12.8. The number of hydrogen-bond donors (Lipinski definition) is 1. The predicted octanol–water partition coefficient (Wildman–Crippen LogP) is 2.23. The van der Waals surface area contributed by atoms with Gasteiger partial charge in [0.15, 0.2) is 21.3 Å². The molecule has 1 fully saturated rings. The van der Waals surface area contributed by atoms with Crippen LogP contribution in [0.3, 0.4) is 0 Å². The summed E-state index contributed by atoms with van der Waals surface area (Å²) in [5, 5.41) is 0. The Labute approximate surface area is 126 Å². The molecule has 6 heteroatoms. The Morgan fingerprint density at radius 3 is 2.05 bits per heavy atom. The minimum atomic E-state index is -3.39. The van der Waals surface area contributed by atoms with Crippen LogP contribution in [0.1, 0.15) is 37.7 Å². The fourth-order valence-electron chi connectivity index (χ4n) is 3.01. The number of benzene rings is 1. The summed E-state index contributed by atoms with van der Waals surface area (Å²) in [6.45, 7) is 0. The summed E-state index contributed by atoms with van der Waals surface area (Å²) < 4.78 is 34.8. The van der Waals surface area contributed by atoms with Crippen molar-refractivity contribution in [3.63, 3.8) is 0 Å². The van der Waals surface area contributed by atoms with E-state index in [9.17, 15) is 8.42 Å². The van der Waals surface area contributed by atoms with Gasteiger partial charge in [0, 0.05) is 17.9 Å². The van der Waals surface area contributed by atoms with Crippen molar-refractivity contribution in [2.24, 2.45) is 5.73 Å². The third-order valence-corrected chi connectivity index (χ3v) is 5.30. The van der Waals surface area contributed by atoms with Gasteiger partial charge >= 0.3 is 0 Å².